The van der Waals surface area contributed by atoms with Gasteiger partial charge in [0.25, 0.3) is 0 Å². The molecule has 0 radical (unpaired) electrons. The quantitative estimate of drug-likeness (QED) is 0.155. The highest BCUT2D eigenvalue weighted by Crippen LogP contribution is 2.30. The van der Waals surface area contributed by atoms with Crippen molar-refractivity contribution in [3.63, 3.8) is 0 Å². The maximum Gasteiger partial charge on any atom is 0.0677 e. The highest BCUT2D eigenvalue weighted by molar-refractivity contribution is 6.08. The molecule has 6 aromatic rings. The van der Waals surface area contributed by atoms with E-state index in [2.05, 4.69) is 94.3 Å². The number of aromatic nitrogens is 4. The van der Waals surface area contributed by atoms with Crippen LogP contribution in [-0.4, -0.2) is 32.2 Å². The number of hydrogen-bond acceptors (Lipinski definition) is 4. The zero-order chi connectivity index (χ0) is 27.3. The highest BCUT2D eigenvalue weighted by atomic mass is 15.0. The summed E-state index contributed by atoms with van der Waals surface area (Å²) in [7, 11) is 0. The van der Waals surface area contributed by atoms with E-state index in [4.69, 9.17) is 9.97 Å². The molecule has 2 aromatic carbocycles. The SMILES string of the molecule is CCn1c2ccccc2c2cc(CNCCCCCCNCc3cc4c5ccccc5n(CC)c4cn3)ncc21. The number of nitrogens with zero attached hydrogens (tertiary/aromatic N) is 4. The molecule has 0 fully saturated rings. The molecule has 0 saturated carbocycles. The van der Waals surface area contributed by atoms with Crippen molar-refractivity contribution in [2.75, 3.05) is 13.1 Å². The highest BCUT2D eigenvalue weighted by Gasteiger charge is 2.11. The maximum absolute atomic E-state index is 4.74. The van der Waals surface area contributed by atoms with E-state index in [9.17, 15) is 0 Å². The van der Waals surface area contributed by atoms with E-state index in [1.54, 1.807) is 0 Å². The summed E-state index contributed by atoms with van der Waals surface area (Å²) in [5, 5.41) is 12.4. The number of aryl methyl sites for hydroxylation is 2. The van der Waals surface area contributed by atoms with E-state index in [0.717, 1.165) is 50.7 Å². The van der Waals surface area contributed by atoms with Crippen LogP contribution >= 0.6 is 0 Å². The van der Waals surface area contributed by atoms with Gasteiger partial charge in [0.05, 0.1) is 34.8 Å². The molecule has 0 aliphatic rings. The van der Waals surface area contributed by atoms with Gasteiger partial charge in [0, 0.05) is 58.8 Å². The summed E-state index contributed by atoms with van der Waals surface area (Å²) in [6, 6.07) is 21.8. The third kappa shape index (κ3) is 5.21. The predicted molar refractivity (Wildman–Crippen MR) is 168 cm³/mol. The van der Waals surface area contributed by atoms with Gasteiger partial charge < -0.3 is 19.8 Å². The smallest absolute Gasteiger partial charge is 0.0677 e. The molecule has 0 aliphatic carbocycles. The first-order chi connectivity index (χ1) is 19.8. The van der Waals surface area contributed by atoms with Gasteiger partial charge >= 0.3 is 0 Å². The summed E-state index contributed by atoms with van der Waals surface area (Å²) in [5.41, 5.74) is 7.25. The minimum atomic E-state index is 0.817. The van der Waals surface area contributed by atoms with Gasteiger partial charge in [-0.2, -0.15) is 0 Å². The Balaban J connectivity index is 0.911. The average Bonchev–Trinajstić information content (AvgIpc) is 3.49. The third-order valence-corrected chi connectivity index (χ3v) is 8.13. The van der Waals surface area contributed by atoms with Gasteiger partial charge in [0.15, 0.2) is 0 Å². The van der Waals surface area contributed by atoms with Crippen LogP contribution in [0.15, 0.2) is 73.1 Å². The van der Waals surface area contributed by atoms with E-state index >= 15 is 0 Å². The van der Waals surface area contributed by atoms with Crippen molar-refractivity contribution in [2.45, 2.75) is 65.7 Å². The van der Waals surface area contributed by atoms with E-state index < -0.39 is 0 Å². The Hall–Kier alpha value is -3.74. The number of benzene rings is 2. The van der Waals surface area contributed by atoms with Gasteiger partial charge in [-0.15, -0.1) is 0 Å². The van der Waals surface area contributed by atoms with Crippen molar-refractivity contribution in [3.8, 4) is 0 Å². The lowest BCUT2D eigenvalue weighted by Gasteiger charge is -2.07. The number of pyridine rings is 2. The van der Waals surface area contributed by atoms with Crippen LogP contribution in [0.2, 0.25) is 0 Å². The van der Waals surface area contributed by atoms with Crippen LogP contribution in [0.25, 0.3) is 43.6 Å². The van der Waals surface area contributed by atoms with Gasteiger partial charge in [0.2, 0.25) is 0 Å². The van der Waals surface area contributed by atoms with Crippen molar-refractivity contribution in [3.05, 3.63) is 84.4 Å². The molecule has 0 spiro atoms. The Labute approximate surface area is 236 Å². The molecule has 0 atom stereocenters. The Morgan fingerprint density at radius 3 is 1.45 bits per heavy atom. The summed E-state index contributed by atoms with van der Waals surface area (Å²) < 4.78 is 4.70. The average molecular weight is 533 g/mol. The number of hydrogen-bond donors (Lipinski definition) is 2. The van der Waals surface area contributed by atoms with Crippen molar-refractivity contribution in [2.24, 2.45) is 0 Å². The second-order valence-corrected chi connectivity index (χ2v) is 10.7. The van der Waals surface area contributed by atoms with Crippen molar-refractivity contribution in [1.29, 1.82) is 0 Å². The van der Waals surface area contributed by atoms with Crippen LogP contribution in [0.3, 0.4) is 0 Å². The number of fused-ring (bicyclic) bond motifs is 6. The summed E-state index contributed by atoms with van der Waals surface area (Å²) >= 11 is 0. The van der Waals surface area contributed by atoms with Gasteiger partial charge in [-0.25, -0.2) is 0 Å². The molecule has 4 aromatic heterocycles. The molecule has 0 saturated heterocycles. The van der Waals surface area contributed by atoms with Crippen LogP contribution in [0.1, 0.15) is 50.9 Å². The summed E-state index contributed by atoms with van der Waals surface area (Å²) in [4.78, 5) is 9.49. The number of unbranched alkanes of at least 4 members (excludes halogenated alkanes) is 3. The predicted octanol–water partition coefficient (Wildman–Crippen LogP) is 7.17. The molecule has 0 amide bonds. The van der Waals surface area contributed by atoms with Gasteiger partial charge in [-0.3, -0.25) is 9.97 Å². The van der Waals surface area contributed by atoms with E-state index in [-0.39, 0.29) is 0 Å². The Kier molecular flexibility index (Phi) is 8.07. The Morgan fingerprint density at radius 2 is 1.00 bits per heavy atom. The standard InChI is InChI=1S/C34H40N6/c1-3-39-31-15-9-7-13-27(31)29-19-25(37-23-33(29)39)21-35-17-11-5-6-12-18-36-22-26-20-30-28-14-8-10-16-32(28)40(4-2)34(30)24-38-26/h7-10,13-16,19-20,23-24,35-36H,3-6,11-12,17-18,21-22H2,1-2H3. The van der Waals surface area contributed by atoms with Crippen molar-refractivity contribution < 1.29 is 0 Å². The lowest BCUT2D eigenvalue weighted by atomic mass is 10.1. The third-order valence-electron chi connectivity index (χ3n) is 8.13. The van der Waals surface area contributed by atoms with Crippen LogP contribution in [0, 0.1) is 0 Å². The van der Waals surface area contributed by atoms with Crippen LogP contribution in [-0.2, 0) is 26.2 Å². The first-order valence-electron chi connectivity index (χ1n) is 14.9. The minimum Gasteiger partial charge on any atom is -0.339 e. The second-order valence-electron chi connectivity index (χ2n) is 10.7. The Morgan fingerprint density at radius 1 is 0.550 bits per heavy atom. The van der Waals surface area contributed by atoms with E-state index in [1.165, 1.54) is 69.3 Å². The summed E-state index contributed by atoms with van der Waals surface area (Å²) in [5.74, 6) is 0. The zero-order valence-corrected chi connectivity index (χ0v) is 23.8. The van der Waals surface area contributed by atoms with Gasteiger partial charge in [-0.1, -0.05) is 49.2 Å². The number of para-hydroxylation sites is 2. The maximum atomic E-state index is 4.74. The molecule has 0 bridgehead atoms. The molecule has 0 aliphatic heterocycles. The fourth-order valence-corrected chi connectivity index (χ4v) is 6.14. The van der Waals surface area contributed by atoms with Crippen LogP contribution in [0.5, 0.6) is 0 Å². The fourth-order valence-electron chi connectivity index (χ4n) is 6.14. The summed E-state index contributed by atoms with van der Waals surface area (Å²) in [6.45, 7) is 9.99. The first-order valence-corrected chi connectivity index (χ1v) is 14.9. The number of nitrogens with one attached hydrogen (secondary N) is 2. The first kappa shape index (κ1) is 26.5. The van der Waals surface area contributed by atoms with Crippen LogP contribution < -0.4 is 10.6 Å². The largest absolute Gasteiger partial charge is 0.339 e. The van der Waals surface area contributed by atoms with E-state index in [0.29, 0.717) is 0 Å². The van der Waals surface area contributed by atoms with Crippen LogP contribution in [0.4, 0.5) is 0 Å². The molecule has 40 heavy (non-hydrogen) atoms. The molecular weight excluding hydrogens is 492 g/mol. The fraction of sp³-hybridized carbons (Fsp3) is 0.353. The molecule has 6 rings (SSSR count). The van der Waals surface area contributed by atoms with Gasteiger partial charge in [-0.05, 0) is 64.0 Å². The second kappa shape index (κ2) is 12.2. The van der Waals surface area contributed by atoms with Crippen molar-refractivity contribution >= 4 is 43.6 Å². The lowest BCUT2D eigenvalue weighted by Crippen LogP contribution is -2.16. The number of rotatable bonds is 13. The molecule has 2 N–H and O–H groups in total. The zero-order valence-electron chi connectivity index (χ0n) is 23.8. The monoisotopic (exact) mass is 532 g/mol. The molecule has 4 heterocycles. The Bertz CT molecular complexity index is 1610. The molecule has 0 unspecified atom stereocenters. The molecule has 206 valence electrons. The molecule has 6 heteroatoms. The van der Waals surface area contributed by atoms with Crippen molar-refractivity contribution in [1.82, 2.24) is 29.7 Å². The van der Waals surface area contributed by atoms with Gasteiger partial charge in [0.1, 0.15) is 0 Å². The molecular formula is C34H40N6. The minimum absolute atomic E-state index is 0.817. The summed E-state index contributed by atoms with van der Waals surface area (Å²) in [6.07, 6.45) is 8.95. The molecule has 6 nitrogen and oxygen atoms in total. The van der Waals surface area contributed by atoms with E-state index in [1.807, 2.05) is 12.4 Å². The topological polar surface area (TPSA) is 59.7 Å². The normalized spacial score (nSPS) is 11.9. The lowest BCUT2D eigenvalue weighted by molar-refractivity contribution is 0.559.